The Bertz CT molecular complexity index is 1540. The number of hydrogen-bond acceptors (Lipinski definition) is 3. The molecule has 0 saturated carbocycles. The molecule has 4 aromatic rings. The van der Waals surface area contributed by atoms with Crippen LogP contribution in [0.25, 0.3) is 22.4 Å². The van der Waals surface area contributed by atoms with Crippen LogP contribution in [0.2, 0.25) is 10.0 Å². The van der Waals surface area contributed by atoms with Crippen molar-refractivity contribution in [3.05, 3.63) is 93.1 Å². The first-order chi connectivity index (χ1) is 18.1. The van der Waals surface area contributed by atoms with Gasteiger partial charge in [-0.15, -0.1) is 0 Å². The summed E-state index contributed by atoms with van der Waals surface area (Å²) in [4.78, 5) is 12.2. The summed E-state index contributed by atoms with van der Waals surface area (Å²) in [5, 5.41) is 3.44. The van der Waals surface area contributed by atoms with Crippen LogP contribution in [0.3, 0.4) is 0 Å². The van der Waals surface area contributed by atoms with Gasteiger partial charge in [-0.3, -0.25) is 9.48 Å². The summed E-state index contributed by atoms with van der Waals surface area (Å²) in [6.07, 6.45) is -9.39. The molecular formula is C27H18Cl2F6N2O2. The molecule has 0 radical (unpaired) electrons. The Morgan fingerprint density at radius 1 is 0.923 bits per heavy atom. The van der Waals surface area contributed by atoms with E-state index in [-0.39, 0.29) is 34.6 Å². The fourth-order valence-corrected chi connectivity index (χ4v) is 4.47. The van der Waals surface area contributed by atoms with Gasteiger partial charge in [0.2, 0.25) is 0 Å². The predicted octanol–water partition coefficient (Wildman–Crippen LogP) is 8.61. The molecule has 4 nitrogen and oxygen atoms in total. The molecule has 39 heavy (non-hydrogen) atoms. The van der Waals surface area contributed by atoms with Crippen LogP contribution >= 0.6 is 23.2 Å². The van der Waals surface area contributed by atoms with E-state index in [0.717, 1.165) is 35.4 Å². The molecule has 0 fully saturated rings. The van der Waals surface area contributed by atoms with E-state index in [4.69, 9.17) is 27.9 Å². The molecule has 204 valence electrons. The van der Waals surface area contributed by atoms with Gasteiger partial charge in [-0.1, -0.05) is 47.5 Å². The minimum Gasteiger partial charge on any atom is -0.425 e. The maximum atomic E-state index is 13.8. The number of hydrogen-bond donors (Lipinski definition) is 0. The Balaban J connectivity index is 2.04. The van der Waals surface area contributed by atoms with Gasteiger partial charge < -0.3 is 4.74 Å². The molecule has 0 amide bonds. The average molecular weight is 587 g/mol. The largest absolute Gasteiger partial charge is 0.435 e. The third-order valence-corrected chi connectivity index (χ3v) is 6.39. The maximum Gasteiger partial charge on any atom is 0.435 e. The van der Waals surface area contributed by atoms with E-state index < -0.39 is 34.6 Å². The highest BCUT2D eigenvalue weighted by atomic mass is 35.5. The van der Waals surface area contributed by atoms with Crippen molar-refractivity contribution in [1.82, 2.24) is 9.78 Å². The standard InChI is InChI=1S/C27H18Cl2F6N2O2/c1-14(38)39-25-19(22-13-23(27(33,34)35)36-37(22)2)9-5-16(11-15-3-7-18(28)8-4-15)24(25)17-6-10-21(29)20(12-17)26(30,31)32/h3-10,12-13H,11H2,1-2H3. The van der Waals surface area contributed by atoms with Crippen LogP contribution < -0.4 is 4.74 Å². The summed E-state index contributed by atoms with van der Waals surface area (Å²) in [6.45, 7) is 1.08. The Hall–Kier alpha value is -3.50. The highest BCUT2D eigenvalue weighted by Gasteiger charge is 2.36. The number of rotatable bonds is 5. The number of aromatic nitrogens is 2. The zero-order valence-electron chi connectivity index (χ0n) is 20.2. The molecule has 1 aromatic heterocycles. The Morgan fingerprint density at radius 2 is 1.59 bits per heavy atom. The van der Waals surface area contributed by atoms with E-state index in [1.807, 2.05) is 0 Å². The molecular weight excluding hydrogens is 569 g/mol. The lowest BCUT2D eigenvalue weighted by Gasteiger charge is -2.20. The van der Waals surface area contributed by atoms with Crippen molar-refractivity contribution in [3.8, 4) is 28.1 Å². The summed E-state index contributed by atoms with van der Waals surface area (Å²) in [5.41, 5.74) is -1.12. The summed E-state index contributed by atoms with van der Waals surface area (Å²) >= 11 is 11.8. The first-order valence-corrected chi connectivity index (χ1v) is 12.0. The Morgan fingerprint density at radius 3 is 2.15 bits per heavy atom. The van der Waals surface area contributed by atoms with Crippen LogP contribution in [0.5, 0.6) is 5.75 Å². The third kappa shape index (κ3) is 6.23. The van der Waals surface area contributed by atoms with Crippen LogP contribution in [0.1, 0.15) is 29.3 Å². The topological polar surface area (TPSA) is 44.1 Å². The number of esters is 1. The molecule has 0 spiro atoms. The highest BCUT2D eigenvalue weighted by molar-refractivity contribution is 6.31. The zero-order valence-corrected chi connectivity index (χ0v) is 21.7. The number of aryl methyl sites for hydroxylation is 1. The van der Waals surface area contributed by atoms with Crippen molar-refractivity contribution in [2.45, 2.75) is 25.7 Å². The lowest BCUT2D eigenvalue weighted by molar-refractivity contribution is -0.141. The van der Waals surface area contributed by atoms with Gasteiger partial charge in [0.1, 0.15) is 5.75 Å². The zero-order chi connectivity index (χ0) is 28.7. The number of nitrogens with zero attached hydrogens (tertiary/aromatic N) is 2. The van der Waals surface area contributed by atoms with Gasteiger partial charge in [-0.25, -0.2) is 0 Å². The van der Waals surface area contributed by atoms with E-state index >= 15 is 0 Å². The molecule has 0 unspecified atom stereocenters. The number of ether oxygens (including phenoxy) is 1. The number of alkyl halides is 6. The molecule has 0 aliphatic heterocycles. The van der Waals surface area contributed by atoms with E-state index in [2.05, 4.69) is 5.10 Å². The maximum absolute atomic E-state index is 13.8. The number of benzene rings is 3. The van der Waals surface area contributed by atoms with Crippen LogP contribution in [0, 0.1) is 0 Å². The molecule has 0 saturated heterocycles. The van der Waals surface area contributed by atoms with E-state index in [1.165, 1.54) is 19.2 Å². The van der Waals surface area contributed by atoms with Crippen molar-refractivity contribution >= 4 is 29.2 Å². The third-order valence-electron chi connectivity index (χ3n) is 5.80. The van der Waals surface area contributed by atoms with E-state index in [9.17, 15) is 31.1 Å². The Kier molecular flexibility index (Phi) is 7.73. The van der Waals surface area contributed by atoms with Crippen LogP contribution in [0.15, 0.2) is 60.7 Å². The van der Waals surface area contributed by atoms with Crippen molar-refractivity contribution in [2.75, 3.05) is 0 Å². The van der Waals surface area contributed by atoms with Crippen molar-refractivity contribution in [3.63, 3.8) is 0 Å². The molecule has 12 heteroatoms. The quantitative estimate of drug-likeness (QED) is 0.133. The molecule has 3 aromatic carbocycles. The minimum absolute atomic E-state index is 0.00741. The molecule has 0 bridgehead atoms. The highest BCUT2D eigenvalue weighted by Crippen LogP contribution is 2.45. The van der Waals surface area contributed by atoms with Crippen molar-refractivity contribution in [2.24, 2.45) is 7.05 Å². The molecule has 0 atom stereocenters. The van der Waals surface area contributed by atoms with Gasteiger partial charge in [0.15, 0.2) is 5.69 Å². The summed E-state index contributed by atoms with van der Waals surface area (Å²) < 4.78 is 87.9. The SMILES string of the molecule is CC(=O)Oc1c(-c2cc(C(F)(F)F)nn2C)ccc(Cc2ccc(Cl)cc2)c1-c1ccc(Cl)c(C(F)(F)F)c1. The second-order valence-electron chi connectivity index (χ2n) is 8.60. The number of carbonyl (C=O) groups is 1. The Labute approximate surface area is 228 Å². The fourth-order valence-electron chi connectivity index (χ4n) is 4.12. The van der Waals surface area contributed by atoms with Crippen molar-refractivity contribution in [1.29, 1.82) is 0 Å². The fraction of sp³-hybridized carbons (Fsp3) is 0.185. The van der Waals surface area contributed by atoms with Crippen LogP contribution in [-0.4, -0.2) is 15.7 Å². The molecule has 0 aliphatic carbocycles. The van der Waals surface area contributed by atoms with Gasteiger partial charge in [0.25, 0.3) is 0 Å². The van der Waals surface area contributed by atoms with Gasteiger partial charge in [0.05, 0.1) is 16.3 Å². The first-order valence-electron chi connectivity index (χ1n) is 11.2. The summed E-state index contributed by atoms with van der Waals surface area (Å²) in [6, 6.07) is 13.6. The molecule has 4 rings (SSSR count). The smallest absolute Gasteiger partial charge is 0.425 e. The van der Waals surface area contributed by atoms with E-state index in [0.29, 0.717) is 10.6 Å². The van der Waals surface area contributed by atoms with Gasteiger partial charge >= 0.3 is 18.3 Å². The summed E-state index contributed by atoms with van der Waals surface area (Å²) in [7, 11) is 1.27. The normalized spacial score (nSPS) is 12.1. The van der Waals surface area contributed by atoms with Crippen molar-refractivity contribution < 1.29 is 35.9 Å². The molecule has 0 N–H and O–H groups in total. The minimum atomic E-state index is -4.80. The van der Waals surface area contributed by atoms with Gasteiger partial charge in [0, 0.05) is 30.1 Å². The molecule has 1 heterocycles. The monoisotopic (exact) mass is 586 g/mol. The second kappa shape index (κ2) is 10.6. The first kappa shape index (κ1) is 28.5. The van der Waals surface area contributed by atoms with Crippen LogP contribution in [-0.2, 0) is 30.6 Å². The number of carbonyl (C=O) groups excluding carboxylic acids is 1. The molecule has 0 aliphatic rings. The lowest BCUT2D eigenvalue weighted by atomic mass is 9.90. The van der Waals surface area contributed by atoms with E-state index in [1.54, 1.807) is 30.3 Å². The second-order valence-corrected chi connectivity index (χ2v) is 9.45. The average Bonchev–Trinajstić information content (AvgIpc) is 3.22. The lowest BCUT2D eigenvalue weighted by Crippen LogP contribution is -2.09. The van der Waals surface area contributed by atoms with Gasteiger partial charge in [-0.05, 0) is 59.5 Å². The predicted molar refractivity (Wildman–Crippen MR) is 135 cm³/mol. The van der Waals surface area contributed by atoms with Crippen LogP contribution in [0.4, 0.5) is 26.3 Å². The van der Waals surface area contributed by atoms with Gasteiger partial charge in [-0.2, -0.15) is 31.4 Å². The summed E-state index contributed by atoms with van der Waals surface area (Å²) in [5.74, 6) is -1.05. The number of halogens is 8.